The normalized spacial score (nSPS) is 21.1. The van der Waals surface area contributed by atoms with Crippen molar-refractivity contribution in [3.05, 3.63) is 40.0 Å². The number of likely N-dealkylation sites (tertiary alicyclic amines) is 1. The minimum atomic E-state index is -4.42. The molecule has 0 aliphatic carbocycles. The van der Waals surface area contributed by atoms with Gasteiger partial charge in [-0.05, 0) is 63.9 Å². The van der Waals surface area contributed by atoms with Crippen molar-refractivity contribution in [2.24, 2.45) is 0 Å². The third-order valence-electron chi connectivity index (χ3n) is 5.67. The summed E-state index contributed by atoms with van der Waals surface area (Å²) >= 11 is 6.32. The summed E-state index contributed by atoms with van der Waals surface area (Å²) in [6.07, 6.45) is 0.664. The van der Waals surface area contributed by atoms with Crippen molar-refractivity contribution in [2.75, 3.05) is 32.0 Å². The highest BCUT2D eigenvalue weighted by Gasteiger charge is 2.33. The Labute approximate surface area is 167 Å². The fraction of sp³-hybridized carbons (Fsp3) is 0.550. The summed E-state index contributed by atoms with van der Waals surface area (Å²) in [7, 11) is 2.10. The van der Waals surface area contributed by atoms with Crippen LogP contribution in [0.4, 0.5) is 19.0 Å². The maximum atomic E-state index is 13.3. The largest absolute Gasteiger partial charge is 0.416 e. The van der Waals surface area contributed by atoms with E-state index in [4.69, 9.17) is 16.7 Å². The molecule has 0 saturated carbocycles. The molecule has 1 atom stereocenters. The van der Waals surface area contributed by atoms with Crippen LogP contribution in [0.5, 0.6) is 0 Å². The summed E-state index contributed by atoms with van der Waals surface area (Å²) in [5, 5.41) is 8.48. The summed E-state index contributed by atoms with van der Waals surface area (Å²) in [5.74, 6) is 1.08. The Morgan fingerprint density at radius 3 is 2.79 bits per heavy atom. The Hall–Kier alpha value is -1.73. The number of piperidine rings is 1. The number of anilines is 1. The average Bonchev–Trinajstić information content (AvgIpc) is 2.82. The average molecular weight is 413 g/mol. The lowest BCUT2D eigenvalue weighted by Gasteiger charge is -2.29. The molecule has 0 spiro atoms. The predicted octanol–water partition coefficient (Wildman–Crippen LogP) is 5.10. The number of aromatic nitrogens is 2. The summed E-state index contributed by atoms with van der Waals surface area (Å²) in [6, 6.07) is 3.41. The number of nitrogens with zero attached hydrogens (tertiary/aromatic N) is 3. The van der Waals surface area contributed by atoms with Gasteiger partial charge < -0.3 is 10.2 Å². The third kappa shape index (κ3) is 3.74. The second-order valence-corrected chi connectivity index (χ2v) is 8.18. The minimum absolute atomic E-state index is 0.261. The van der Waals surface area contributed by atoms with Crippen LogP contribution in [0.1, 0.15) is 48.4 Å². The highest BCUT2D eigenvalue weighted by molar-refractivity contribution is 6.32. The Morgan fingerprint density at radius 2 is 2.04 bits per heavy atom. The standard InChI is InChI=1S/C20H24ClF3N4/c1-27-10-4-5-13(12-27)18-15-6-2-3-9-25-19(15)28(26-18)17-11-14(20(22,23)24)7-8-16(17)21/h7-8,11,13,25H,2-6,9-10,12H2,1H3. The van der Waals surface area contributed by atoms with Gasteiger partial charge in [-0.3, -0.25) is 0 Å². The lowest BCUT2D eigenvalue weighted by Crippen LogP contribution is -2.31. The molecule has 0 bridgehead atoms. The maximum absolute atomic E-state index is 13.3. The van der Waals surface area contributed by atoms with Gasteiger partial charge in [-0.1, -0.05) is 11.6 Å². The van der Waals surface area contributed by atoms with Crippen molar-refractivity contribution in [3.63, 3.8) is 0 Å². The molecule has 4 rings (SSSR count). The number of hydrogen-bond acceptors (Lipinski definition) is 3. The SMILES string of the molecule is CN1CCCC(c2nn(-c3cc(C(F)(F)F)ccc3Cl)c3c2CCCCN3)C1. The molecule has 1 saturated heterocycles. The number of halogens is 4. The molecule has 0 radical (unpaired) electrons. The van der Waals surface area contributed by atoms with Crippen LogP contribution in [0.25, 0.3) is 5.69 Å². The van der Waals surface area contributed by atoms with Crippen molar-refractivity contribution in [3.8, 4) is 5.69 Å². The van der Waals surface area contributed by atoms with E-state index in [0.29, 0.717) is 5.92 Å². The van der Waals surface area contributed by atoms with E-state index in [2.05, 4.69) is 17.3 Å². The smallest absolute Gasteiger partial charge is 0.370 e. The van der Waals surface area contributed by atoms with Gasteiger partial charge in [0.25, 0.3) is 0 Å². The number of rotatable bonds is 2. The highest BCUT2D eigenvalue weighted by Crippen LogP contribution is 2.38. The molecule has 152 valence electrons. The Kier molecular flexibility index (Phi) is 5.31. The Balaban J connectivity index is 1.84. The molecule has 1 aromatic carbocycles. The number of alkyl halides is 3. The van der Waals surface area contributed by atoms with E-state index in [0.717, 1.165) is 80.9 Å². The van der Waals surface area contributed by atoms with Crippen molar-refractivity contribution in [2.45, 2.75) is 44.2 Å². The lowest BCUT2D eigenvalue weighted by atomic mass is 9.91. The molecular weight excluding hydrogens is 389 g/mol. The number of nitrogens with one attached hydrogen (secondary N) is 1. The van der Waals surface area contributed by atoms with Crippen LogP contribution in [-0.4, -0.2) is 41.4 Å². The van der Waals surface area contributed by atoms with Crippen LogP contribution < -0.4 is 5.32 Å². The van der Waals surface area contributed by atoms with Crippen LogP contribution in [0.2, 0.25) is 5.02 Å². The van der Waals surface area contributed by atoms with Crippen LogP contribution in [0.3, 0.4) is 0 Å². The zero-order chi connectivity index (χ0) is 19.9. The van der Waals surface area contributed by atoms with Gasteiger partial charge in [-0.25, -0.2) is 4.68 Å². The van der Waals surface area contributed by atoms with Crippen molar-refractivity contribution >= 4 is 17.4 Å². The molecule has 4 nitrogen and oxygen atoms in total. The number of likely N-dealkylation sites (N-methyl/N-ethyl adjacent to an activating group) is 1. The summed E-state index contributed by atoms with van der Waals surface area (Å²) < 4.78 is 41.4. The first-order valence-corrected chi connectivity index (χ1v) is 10.1. The molecule has 2 aliphatic heterocycles. The van der Waals surface area contributed by atoms with Crippen molar-refractivity contribution in [1.29, 1.82) is 0 Å². The van der Waals surface area contributed by atoms with E-state index in [1.807, 2.05) is 0 Å². The quantitative estimate of drug-likeness (QED) is 0.744. The first-order chi connectivity index (χ1) is 13.3. The second-order valence-electron chi connectivity index (χ2n) is 7.77. The Bertz CT molecular complexity index is 862. The first kappa shape index (κ1) is 19.6. The molecule has 3 heterocycles. The molecule has 1 N–H and O–H groups in total. The van der Waals surface area contributed by atoms with E-state index < -0.39 is 11.7 Å². The zero-order valence-electron chi connectivity index (χ0n) is 15.8. The van der Waals surface area contributed by atoms with Gasteiger partial charge in [0.2, 0.25) is 0 Å². The number of benzene rings is 1. The molecule has 1 unspecified atom stereocenters. The highest BCUT2D eigenvalue weighted by atomic mass is 35.5. The van der Waals surface area contributed by atoms with Gasteiger partial charge in [0.1, 0.15) is 5.82 Å². The van der Waals surface area contributed by atoms with Gasteiger partial charge >= 0.3 is 6.18 Å². The number of hydrogen-bond donors (Lipinski definition) is 1. The Morgan fingerprint density at radius 1 is 1.21 bits per heavy atom. The van der Waals surface area contributed by atoms with Gasteiger partial charge in [0.15, 0.2) is 0 Å². The lowest BCUT2D eigenvalue weighted by molar-refractivity contribution is -0.137. The van der Waals surface area contributed by atoms with E-state index in [1.165, 1.54) is 6.07 Å². The summed E-state index contributed by atoms with van der Waals surface area (Å²) in [6.45, 7) is 2.76. The van der Waals surface area contributed by atoms with Crippen molar-refractivity contribution in [1.82, 2.24) is 14.7 Å². The molecule has 1 fully saturated rings. The topological polar surface area (TPSA) is 33.1 Å². The minimum Gasteiger partial charge on any atom is -0.370 e. The first-order valence-electron chi connectivity index (χ1n) is 9.76. The number of fused-ring (bicyclic) bond motifs is 1. The fourth-order valence-electron chi connectivity index (χ4n) is 4.27. The predicted molar refractivity (Wildman–Crippen MR) is 104 cm³/mol. The van der Waals surface area contributed by atoms with E-state index >= 15 is 0 Å². The van der Waals surface area contributed by atoms with Crippen LogP contribution in [0, 0.1) is 0 Å². The van der Waals surface area contributed by atoms with Gasteiger partial charge in [0.05, 0.1) is 22.0 Å². The molecule has 0 amide bonds. The molecule has 1 aromatic heterocycles. The fourth-order valence-corrected chi connectivity index (χ4v) is 4.47. The van der Waals surface area contributed by atoms with Crippen LogP contribution >= 0.6 is 11.6 Å². The molecule has 28 heavy (non-hydrogen) atoms. The van der Waals surface area contributed by atoms with E-state index in [1.54, 1.807) is 4.68 Å². The van der Waals surface area contributed by atoms with E-state index in [9.17, 15) is 13.2 Å². The molecular formula is C20H24ClF3N4. The zero-order valence-corrected chi connectivity index (χ0v) is 16.6. The second kappa shape index (κ2) is 7.59. The van der Waals surface area contributed by atoms with E-state index in [-0.39, 0.29) is 10.7 Å². The molecule has 8 heteroatoms. The third-order valence-corrected chi connectivity index (χ3v) is 5.99. The monoisotopic (exact) mass is 412 g/mol. The van der Waals surface area contributed by atoms with Crippen LogP contribution in [0.15, 0.2) is 18.2 Å². The maximum Gasteiger partial charge on any atom is 0.416 e. The van der Waals surface area contributed by atoms with Gasteiger partial charge in [-0.2, -0.15) is 18.3 Å². The van der Waals surface area contributed by atoms with Gasteiger partial charge in [0, 0.05) is 24.6 Å². The summed E-state index contributed by atoms with van der Waals surface area (Å²) in [4.78, 5) is 2.29. The summed E-state index contributed by atoms with van der Waals surface area (Å²) in [5.41, 5.74) is 1.69. The van der Waals surface area contributed by atoms with Crippen molar-refractivity contribution < 1.29 is 13.2 Å². The van der Waals surface area contributed by atoms with Crippen LogP contribution in [-0.2, 0) is 12.6 Å². The molecule has 2 aromatic rings. The van der Waals surface area contributed by atoms with Gasteiger partial charge in [-0.15, -0.1) is 0 Å². The molecule has 2 aliphatic rings.